The van der Waals surface area contributed by atoms with Crippen molar-refractivity contribution in [2.75, 3.05) is 4.90 Å². The second-order valence-corrected chi connectivity index (χ2v) is 5.00. The van der Waals surface area contributed by atoms with Crippen LogP contribution < -0.4 is 4.90 Å². The second kappa shape index (κ2) is 4.42. The maximum Gasteiger partial charge on any atom is 0.161 e. The Labute approximate surface area is 125 Å². The van der Waals surface area contributed by atoms with E-state index in [1.807, 2.05) is 16.4 Å². The third kappa shape index (κ3) is 1.77. The van der Waals surface area contributed by atoms with Gasteiger partial charge in [-0.1, -0.05) is 0 Å². The van der Waals surface area contributed by atoms with Crippen molar-refractivity contribution in [1.82, 2.24) is 24.7 Å². The molecule has 8 nitrogen and oxygen atoms in total. The molecule has 110 valence electrons. The summed E-state index contributed by atoms with van der Waals surface area (Å²) in [4.78, 5) is 10.6. The van der Waals surface area contributed by atoms with Crippen LogP contribution in [0.2, 0.25) is 0 Å². The van der Waals surface area contributed by atoms with Gasteiger partial charge in [0.2, 0.25) is 0 Å². The summed E-state index contributed by atoms with van der Waals surface area (Å²) in [5, 5.41) is 27.3. The number of aromatic hydroxyl groups is 2. The number of rotatable bonds is 1. The zero-order valence-electron chi connectivity index (χ0n) is 11.7. The fourth-order valence-corrected chi connectivity index (χ4v) is 2.50. The molecule has 2 N–H and O–H groups in total. The Balaban J connectivity index is 1.91. The minimum Gasteiger partial charge on any atom is -0.504 e. The van der Waals surface area contributed by atoms with Crippen LogP contribution in [0.15, 0.2) is 30.7 Å². The van der Waals surface area contributed by atoms with Gasteiger partial charge in [-0.3, -0.25) is 4.57 Å². The number of hydrogen-bond donors (Lipinski definition) is 2. The summed E-state index contributed by atoms with van der Waals surface area (Å²) < 4.78 is 1.84. The minimum atomic E-state index is -0.183. The molecule has 0 saturated carbocycles. The van der Waals surface area contributed by atoms with Gasteiger partial charge >= 0.3 is 0 Å². The van der Waals surface area contributed by atoms with Crippen LogP contribution in [-0.4, -0.2) is 34.9 Å². The molecule has 0 unspecified atom stereocenters. The van der Waals surface area contributed by atoms with Crippen molar-refractivity contribution in [3.8, 4) is 17.2 Å². The highest BCUT2D eigenvalue weighted by molar-refractivity contribution is 5.71. The Bertz CT molecular complexity index is 876. The first-order valence-corrected chi connectivity index (χ1v) is 6.66. The van der Waals surface area contributed by atoms with Crippen LogP contribution in [0.4, 0.5) is 11.5 Å². The van der Waals surface area contributed by atoms with Crippen LogP contribution in [0.25, 0.3) is 5.69 Å². The van der Waals surface area contributed by atoms with E-state index in [1.165, 1.54) is 12.1 Å². The molecule has 8 heteroatoms. The van der Waals surface area contributed by atoms with E-state index >= 15 is 0 Å². The molecule has 1 aliphatic heterocycles. The van der Waals surface area contributed by atoms with E-state index in [1.54, 1.807) is 18.6 Å². The number of hydrogen-bond acceptors (Lipinski definition) is 7. The predicted octanol–water partition coefficient (Wildman–Crippen LogP) is 1.43. The Morgan fingerprint density at radius 3 is 2.86 bits per heavy atom. The topological polar surface area (TPSA) is 100 Å². The fraction of sp³-hybridized carbons (Fsp3) is 0.143. The number of phenols is 2. The Hall–Kier alpha value is -3.16. The molecule has 3 aromatic rings. The van der Waals surface area contributed by atoms with Gasteiger partial charge in [0, 0.05) is 11.8 Å². The normalized spacial score (nSPS) is 12.9. The molecule has 2 aromatic heterocycles. The molecule has 0 radical (unpaired) electrons. The van der Waals surface area contributed by atoms with Crippen molar-refractivity contribution >= 4 is 11.5 Å². The Kier molecular flexibility index (Phi) is 2.52. The van der Waals surface area contributed by atoms with Gasteiger partial charge in [-0.2, -0.15) is 0 Å². The fourth-order valence-electron chi connectivity index (χ4n) is 2.50. The van der Waals surface area contributed by atoms with Crippen LogP contribution in [0.1, 0.15) is 11.6 Å². The van der Waals surface area contributed by atoms with Crippen LogP contribution in [-0.2, 0) is 6.54 Å². The molecule has 0 atom stereocenters. The van der Waals surface area contributed by atoms with E-state index in [-0.39, 0.29) is 11.5 Å². The zero-order chi connectivity index (χ0) is 15.3. The number of nitrogens with zero attached hydrogens (tertiary/aromatic N) is 6. The van der Waals surface area contributed by atoms with Crippen molar-refractivity contribution in [1.29, 1.82) is 0 Å². The van der Waals surface area contributed by atoms with E-state index < -0.39 is 0 Å². The Morgan fingerprint density at radius 1 is 1.18 bits per heavy atom. The van der Waals surface area contributed by atoms with Crippen molar-refractivity contribution in [2.24, 2.45) is 0 Å². The van der Waals surface area contributed by atoms with Gasteiger partial charge in [0.1, 0.15) is 17.8 Å². The lowest BCUT2D eigenvalue weighted by molar-refractivity contribution is 0.404. The average molecular weight is 296 g/mol. The first-order chi connectivity index (χ1) is 10.6. The van der Waals surface area contributed by atoms with Gasteiger partial charge in [-0.15, -0.1) is 10.2 Å². The van der Waals surface area contributed by atoms with Crippen LogP contribution in [0.3, 0.4) is 0 Å². The number of benzene rings is 1. The van der Waals surface area contributed by atoms with Gasteiger partial charge in [-0.25, -0.2) is 9.97 Å². The van der Waals surface area contributed by atoms with E-state index in [4.69, 9.17) is 0 Å². The van der Waals surface area contributed by atoms with E-state index in [0.717, 1.165) is 11.5 Å². The van der Waals surface area contributed by atoms with Crippen LogP contribution in [0, 0.1) is 6.92 Å². The van der Waals surface area contributed by atoms with E-state index in [0.29, 0.717) is 23.9 Å². The average Bonchev–Trinajstić information content (AvgIpc) is 2.97. The number of anilines is 2. The minimum absolute atomic E-state index is 0.164. The summed E-state index contributed by atoms with van der Waals surface area (Å²) in [6, 6.07) is 4.64. The molecular formula is C14H12N6O2. The van der Waals surface area contributed by atoms with Gasteiger partial charge < -0.3 is 15.1 Å². The lowest BCUT2D eigenvalue weighted by Gasteiger charge is -2.30. The van der Waals surface area contributed by atoms with Gasteiger partial charge in [0.15, 0.2) is 23.1 Å². The molecule has 22 heavy (non-hydrogen) atoms. The molecular weight excluding hydrogens is 284 g/mol. The molecule has 1 aromatic carbocycles. The van der Waals surface area contributed by atoms with Gasteiger partial charge in [0.25, 0.3) is 0 Å². The van der Waals surface area contributed by atoms with Gasteiger partial charge in [-0.05, 0) is 19.1 Å². The van der Waals surface area contributed by atoms with E-state index in [9.17, 15) is 10.2 Å². The molecule has 0 fully saturated rings. The maximum absolute atomic E-state index is 9.75. The predicted molar refractivity (Wildman–Crippen MR) is 77.3 cm³/mol. The highest BCUT2D eigenvalue weighted by atomic mass is 16.3. The number of phenolic OH excluding ortho intramolecular Hbond substituents is 2. The van der Waals surface area contributed by atoms with Crippen LogP contribution >= 0.6 is 0 Å². The first-order valence-electron chi connectivity index (χ1n) is 6.66. The Morgan fingerprint density at radius 2 is 2.05 bits per heavy atom. The summed E-state index contributed by atoms with van der Waals surface area (Å²) >= 11 is 0. The molecule has 0 saturated heterocycles. The quantitative estimate of drug-likeness (QED) is 0.655. The summed E-state index contributed by atoms with van der Waals surface area (Å²) in [6.45, 7) is 2.27. The molecule has 0 aliphatic carbocycles. The molecule has 1 aliphatic rings. The highest BCUT2D eigenvalue weighted by Gasteiger charge is 2.26. The smallest absolute Gasteiger partial charge is 0.161 e. The second-order valence-electron chi connectivity index (χ2n) is 5.00. The summed E-state index contributed by atoms with van der Waals surface area (Å²) in [7, 11) is 0. The summed E-state index contributed by atoms with van der Waals surface area (Å²) in [5.74, 6) is 1.74. The lowest BCUT2D eigenvalue weighted by atomic mass is 10.2. The molecule has 0 spiro atoms. The standard InChI is InChI=1S/C14H12N6O2/c1-8-15-5-10-14(17-8)19(6-13-18-16-7-20(10)13)9-2-3-11(21)12(22)4-9/h2-5,7,21-22H,6H2,1H3. The lowest BCUT2D eigenvalue weighted by Crippen LogP contribution is -2.27. The SMILES string of the molecule is Cc1ncc2c(n1)N(c1ccc(O)c(O)c1)Cc1nncn1-2. The monoisotopic (exact) mass is 296 g/mol. The number of aryl methyl sites for hydroxylation is 1. The van der Waals surface area contributed by atoms with Crippen molar-refractivity contribution < 1.29 is 10.2 Å². The number of fused-ring (bicyclic) bond motifs is 3. The van der Waals surface area contributed by atoms with Crippen molar-refractivity contribution in [2.45, 2.75) is 13.5 Å². The molecule has 0 bridgehead atoms. The number of aromatic nitrogens is 5. The molecule has 4 rings (SSSR count). The maximum atomic E-state index is 9.75. The third-order valence-electron chi connectivity index (χ3n) is 3.57. The first kappa shape index (κ1) is 12.6. The van der Waals surface area contributed by atoms with Crippen molar-refractivity contribution in [3.05, 3.63) is 42.4 Å². The summed E-state index contributed by atoms with van der Waals surface area (Å²) in [6.07, 6.45) is 3.34. The molecule has 0 amide bonds. The highest BCUT2D eigenvalue weighted by Crippen LogP contribution is 2.37. The largest absolute Gasteiger partial charge is 0.504 e. The van der Waals surface area contributed by atoms with E-state index in [2.05, 4.69) is 20.2 Å². The zero-order valence-corrected chi connectivity index (χ0v) is 11.7. The third-order valence-corrected chi connectivity index (χ3v) is 3.57. The molecule has 3 heterocycles. The summed E-state index contributed by atoms with van der Waals surface area (Å²) in [5.41, 5.74) is 1.47. The van der Waals surface area contributed by atoms with Crippen molar-refractivity contribution in [3.63, 3.8) is 0 Å². The van der Waals surface area contributed by atoms with Gasteiger partial charge in [0.05, 0.1) is 12.7 Å². The van der Waals surface area contributed by atoms with Crippen LogP contribution in [0.5, 0.6) is 11.5 Å².